The fraction of sp³-hybridized carbons (Fsp3) is 0.417. The highest BCUT2D eigenvalue weighted by Gasteiger charge is 2.49. The Morgan fingerprint density at radius 1 is 1.40 bits per heavy atom. The lowest BCUT2D eigenvalue weighted by atomic mass is 10.2. The lowest BCUT2D eigenvalue weighted by molar-refractivity contribution is 0.0296. The lowest BCUT2D eigenvalue weighted by Crippen LogP contribution is -2.31. The lowest BCUT2D eigenvalue weighted by Gasteiger charge is -2.20. The van der Waals surface area contributed by atoms with Crippen molar-refractivity contribution < 1.29 is 9.84 Å². The summed E-state index contributed by atoms with van der Waals surface area (Å²) in [6.07, 6.45) is 1.34. The van der Waals surface area contributed by atoms with E-state index in [2.05, 4.69) is 6.07 Å². The number of hydrogen-bond acceptors (Lipinski definition) is 3. The molecule has 0 radical (unpaired) electrons. The van der Waals surface area contributed by atoms with Crippen LogP contribution in [0.5, 0.6) is 5.75 Å². The summed E-state index contributed by atoms with van der Waals surface area (Å²) >= 11 is 0. The van der Waals surface area contributed by atoms with Gasteiger partial charge in [0.15, 0.2) is 0 Å². The number of nitrogens with zero attached hydrogens (tertiary/aromatic N) is 1. The van der Waals surface area contributed by atoms with Crippen molar-refractivity contribution in [1.29, 1.82) is 5.26 Å². The highest BCUT2D eigenvalue weighted by molar-refractivity contribution is 5.35. The zero-order valence-corrected chi connectivity index (χ0v) is 8.60. The summed E-state index contributed by atoms with van der Waals surface area (Å²) in [5, 5.41) is 18.2. The first-order chi connectivity index (χ1) is 7.16. The van der Waals surface area contributed by atoms with E-state index in [1.54, 1.807) is 31.2 Å². The quantitative estimate of drug-likeness (QED) is 0.815. The van der Waals surface area contributed by atoms with E-state index in [4.69, 9.17) is 10.00 Å². The van der Waals surface area contributed by atoms with E-state index in [-0.39, 0.29) is 5.60 Å². The zero-order chi connectivity index (χ0) is 10.9. The second kappa shape index (κ2) is 3.56. The predicted octanol–water partition coefficient (Wildman–Crippen LogP) is 1.85. The van der Waals surface area contributed by atoms with Gasteiger partial charge in [-0.1, -0.05) is 0 Å². The van der Waals surface area contributed by atoms with Gasteiger partial charge >= 0.3 is 0 Å². The van der Waals surface area contributed by atoms with Gasteiger partial charge in [0, 0.05) is 0 Å². The molecule has 1 N–H and O–H groups in total. The summed E-state index contributed by atoms with van der Waals surface area (Å²) in [6.45, 7) is 1.75. The van der Waals surface area contributed by atoms with E-state index in [1.165, 1.54) is 0 Å². The molecule has 3 heteroatoms. The van der Waals surface area contributed by atoms with Crippen LogP contribution in [0.15, 0.2) is 24.3 Å². The first kappa shape index (κ1) is 10.0. The summed E-state index contributed by atoms with van der Waals surface area (Å²) in [6, 6.07) is 9.01. The molecule has 0 aliphatic heterocycles. The average molecular weight is 203 g/mol. The van der Waals surface area contributed by atoms with Crippen LogP contribution < -0.4 is 4.74 Å². The predicted molar refractivity (Wildman–Crippen MR) is 55.4 cm³/mol. The van der Waals surface area contributed by atoms with Crippen LogP contribution in [0.1, 0.15) is 25.3 Å². The minimum Gasteiger partial charge on any atom is -0.485 e. The molecule has 1 aliphatic rings. The van der Waals surface area contributed by atoms with E-state index in [0.717, 1.165) is 12.8 Å². The van der Waals surface area contributed by atoms with Crippen molar-refractivity contribution in [3.63, 3.8) is 0 Å². The van der Waals surface area contributed by atoms with Crippen LogP contribution in [0.4, 0.5) is 0 Å². The van der Waals surface area contributed by atoms with E-state index in [0.29, 0.717) is 11.3 Å². The van der Waals surface area contributed by atoms with E-state index < -0.39 is 6.10 Å². The smallest absolute Gasteiger partial charge is 0.135 e. The summed E-state index contributed by atoms with van der Waals surface area (Å²) in [5.41, 5.74) is 0.234. The molecule has 0 bridgehead atoms. The molecular weight excluding hydrogens is 190 g/mol. The normalized spacial score (nSPS) is 19.0. The molecule has 2 rings (SSSR count). The van der Waals surface area contributed by atoms with Crippen molar-refractivity contribution in [2.45, 2.75) is 31.5 Å². The van der Waals surface area contributed by atoms with Crippen LogP contribution in [0.2, 0.25) is 0 Å². The third kappa shape index (κ3) is 1.95. The van der Waals surface area contributed by atoms with Crippen molar-refractivity contribution in [3.05, 3.63) is 29.8 Å². The minimum absolute atomic E-state index is 0.381. The van der Waals surface area contributed by atoms with Crippen LogP contribution >= 0.6 is 0 Å². The van der Waals surface area contributed by atoms with Crippen LogP contribution in [0.3, 0.4) is 0 Å². The number of aliphatic hydroxyl groups excluding tert-OH is 1. The zero-order valence-electron chi connectivity index (χ0n) is 8.60. The number of aliphatic hydroxyl groups is 1. The van der Waals surface area contributed by atoms with Gasteiger partial charge in [0.2, 0.25) is 0 Å². The van der Waals surface area contributed by atoms with Crippen molar-refractivity contribution in [2.75, 3.05) is 0 Å². The topological polar surface area (TPSA) is 53.2 Å². The molecule has 1 atom stereocenters. The second-order valence-corrected chi connectivity index (χ2v) is 3.98. The summed E-state index contributed by atoms with van der Waals surface area (Å²) in [4.78, 5) is 0. The van der Waals surface area contributed by atoms with E-state index in [1.807, 2.05) is 0 Å². The van der Waals surface area contributed by atoms with Crippen LogP contribution in [-0.2, 0) is 0 Å². The second-order valence-electron chi connectivity index (χ2n) is 3.98. The Labute approximate surface area is 88.9 Å². The molecule has 0 spiro atoms. The minimum atomic E-state index is -0.451. The maximum absolute atomic E-state index is 9.53. The average Bonchev–Trinajstić information content (AvgIpc) is 3.00. The number of ether oxygens (including phenoxy) is 1. The molecule has 3 nitrogen and oxygen atoms in total. The van der Waals surface area contributed by atoms with E-state index in [9.17, 15) is 5.11 Å². The van der Waals surface area contributed by atoms with Crippen molar-refractivity contribution >= 4 is 0 Å². The molecular formula is C12H13NO2. The van der Waals surface area contributed by atoms with Gasteiger partial charge < -0.3 is 9.84 Å². The maximum Gasteiger partial charge on any atom is 0.135 e. The number of hydrogen-bond donors (Lipinski definition) is 1. The number of nitriles is 1. The molecule has 0 saturated heterocycles. The van der Waals surface area contributed by atoms with Gasteiger partial charge in [-0.05, 0) is 44.0 Å². The molecule has 1 aliphatic carbocycles. The third-order valence-corrected chi connectivity index (χ3v) is 2.81. The fourth-order valence-corrected chi connectivity index (χ4v) is 1.56. The first-order valence-electron chi connectivity index (χ1n) is 5.03. The van der Waals surface area contributed by atoms with Gasteiger partial charge in [0.1, 0.15) is 11.4 Å². The van der Waals surface area contributed by atoms with Crippen molar-refractivity contribution in [1.82, 2.24) is 0 Å². The highest BCUT2D eigenvalue weighted by atomic mass is 16.5. The highest BCUT2D eigenvalue weighted by Crippen LogP contribution is 2.43. The molecule has 1 fully saturated rings. The summed E-state index contributed by atoms with van der Waals surface area (Å²) < 4.78 is 5.71. The first-order valence-corrected chi connectivity index (χ1v) is 5.03. The largest absolute Gasteiger partial charge is 0.485 e. The van der Waals surface area contributed by atoms with Crippen LogP contribution in [-0.4, -0.2) is 16.8 Å². The molecule has 1 unspecified atom stereocenters. The monoisotopic (exact) mass is 203 g/mol. The van der Waals surface area contributed by atoms with Crippen LogP contribution in [0.25, 0.3) is 0 Å². The Morgan fingerprint density at radius 2 is 2.00 bits per heavy atom. The Kier molecular flexibility index (Phi) is 2.37. The van der Waals surface area contributed by atoms with Gasteiger partial charge in [0.05, 0.1) is 17.7 Å². The van der Waals surface area contributed by atoms with Gasteiger partial charge in [-0.15, -0.1) is 0 Å². The Balaban J connectivity index is 2.09. The van der Waals surface area contributed by atoms with Crippen molar-refractivity contribution in [2.24, 2.45) is 0 Å². The van der Waals surface area contributed by atoms with Gasteiger partial charge in [-0.3, -0.25) is 0 Å². The summed E-state index contributed by atoms with van der Waals surface area (Å²) in [5.74, 6) is 0.715. The maximum atomic E-state index is 9.53. The van der Waals surface area contributed by atoms with Crippen molar-refractivity contribution in [3.8, 4) is 11.8 Å². The van der Waals surface area contributed by atoms with E-state index >= 15 is 0 Å². The third-order valence-electron chi connectivity index (χ3n) is 2.81. The van der Waals surface area contributed by atoms with Crippen LogP contribution in [0, 0.1) is 11.3 Å². The van der Waals surface area contributed by atoms with Gasteiger partial charge in [-0.2, -0.15) is 5.26 Å². The molecule has 1 saturated carbocycles. The molecule has 1 aromatic rings. The Bertz CT molecular complexity index is 385. The van der Waals surface area contributed by atoms with Gasteiger partial charge in [-0.25, -0.2) is 0 Å². The Hall–Kier alpha value is -1.53. The summed E-state index contributed by atoms with van der Waals surface area (Å²) in [7, 11) is 0. The molecule has 15 heavy (non-hydrogen) atoms. The van der Waals surface area contributed by atoms with Gasteiger partial charge in [0.25, 0.3) is 0 Å². The fourth-order valence-electron chi connectivity index (χ4n) is 1.56. The molecule has 78 valence electrons. The molecule has 0 heterocycles. The molecule has 0 amide bonds. The number of benzene rings is 1. The molecule has 1 aromatic carbocycles. The Morgan fingerprint density at radius 3 is 2.40 bits per heavy atom. The number of rotatable bonds is 3. The SMILES string of the molecule is CC(O)C1(Oc2ccc(C#N)cc2)CC1. The molecule has 0 aromatic heterocycles. The standard InChI is InChI=1S/C12H13NO2/c1-9(14)12(6-7-12)15-11-4-2-10(8-13)3-5-11/h2-5,9,14H,6-7H2,1H3.